The van der Waals surface area contributed by atoms with Gasteiger partial charge in [0.1, 0.15) is 11.2 Å². The number of halogens is 1. The van der Waals surface area contributed by atoms with E-state index in [0.717, 1.165) is 6.07 Å². The number of hydrogen-bond donors (Lipinski definition) is 3. The van der Waals surface area contributed by atoms with Crippen molar-refractivity contribution in [3.63, 3.8) is 0 Å². The van der Waals surface area contributed by atoms with Gasteiger partial charge in [-0.3, -0.25) is 5.10 Å². The standard InChI is InChI=1S/C23H24FN5O4/c1-5-13-10-15(21(30)31)18(24)17(11-13)26-12-16-19(27-28-20(16)25)14-6-8-29(9-7-14)22(32)33-23(2,3)4/h1,10-11,14H,6-9H2,2-4H3,(H3,25,28,30,31)/p+1. The van der Waals surface area contributed by atoms with Crippen LogP contribution in [0.5, 0.6) is 0 Å². The van der Waals surface area contributed by atoms with Crippen LogP contribution in [-0.4, -0.2) is 51.0 Å². The SMILES string of the molecule is C#Cc1cc([N+]#Cc2c(N)n[nH]c2C2CCN(C(=O)OC(C)(C)C)CC2)c(F)c(C(=O)O)c1. The summed E-state index contributed by atoms with van der Waals surface area (Å²) < 4.78 is 20.0. The molecule has 1 aromatic heterocycles. The number of nitrogens with two attached hydrogens (primary N) is 1. The lowest BCUT2D eigenvalue weighted by Gasteiger charge is -2.33. The summed E-state index contributed by atoms with van der Waals surface area (Å²) in [5, 5.41) is 16.1. The molecule has 1 aliphatic heterocycles. The van der Waals surface area contributed by atoms with Gasteiger partial charge in [-0.2, -0.15) is 9.49 Å². The maximum absolute atomic E-state index is 14.6. The van der Waals surface area contributed by atoms with Gasteiger partial charge in [0.05, 0.1) is 5.69 Å². The molecule has 10 heteroatoms. The number of terminal acetylenes is 1. The molecule has 2 heterocycles. The quantitative estimate of drug-likeness (QED) is 0.590. The molecule has 1 aromatic carbocycles. The van der Waals surface area contributed by atoms with Crippen LogP contribution in [0.15, 0.2) is 12.1 Å². The molecule has 0 saturated carbocycles. The number of carboxylic acids is 1. The van der Waals surface area contributed by atoms with E-state index in [1.807, 2.05) is 20.8 Å². The number of piperidine rings is 1. The molecule has 0 unspecified atom stereocenters. The minimum Gasteiger partial charge on any atom is -0.478 e. The highest BCUT2D eigenvalue weighted by molar-refractivity contribution is 5.90. The number of nitrogens with zero attached hydrogens (tertiary/aromatic N) is 3. The number of nitrogen functional groups attached to an aromatic ring is 1. The largest absolute Gasteiger partial charge is 0.478 e. The molecule has 9 nitrogen and oxygen atoms in total. The number of nitrogens with one attached hydrogen (secondary N) is 1. The fraction of sp³-hybridized carbons (Fsp3) is 0.391. The third-order valence-electron chi connectivity index (χ3n) is 5.12. The number of benzene rings is 1. The minimum atomic E-state index is -1.46. The third kappa shape index (κ3) is 5.42. The Labute approximate surface area is 190 Å². The van der Waals surface area contributed by atoms with Gasteiger partial charge >= 0.3 is 23.8 Å². The molecule has 0 atom stereocenters. The zero-order valence-electron chi connectivity index (χ0n) is 18.6. The Balaban J connectivity index is 1.83. The lowest BCUT2D eigenvalue weighted by Crippen LogP contribution is -2.41. The Morgan fingerprint density at radius 3 is 2.61 bits per heavy atom. The van der Waals surface area contributed by atoms with Crippen molar-refractivity contribution in [3.8, 4) is 18.4 Å². The summed E-state index contributed by atoms with van der Waals surface area (Å²) in [6.45, 7) is 6.40. The summed E-state index contributed by atoms with van der Waals surface area (Å²) in [7, 11) is 0. The van der Waals surface area contributed by atoms with Crippen molar-refractivity contribution in [3.05, 3.63) is 45.2 Å². The van der Waals surface area contributed by atoms with Gasteiger partial charge in [-0.1, -0.05) is 5.92 Å². The summed E-state index contributed by atoms with van der Waals surface area (Å²) in [5.41, 5.74) is 5.72. The molecule has 2 aromatic rings. The Hall–Kier alpha value is -4.05. The van der Waals surface area contributed by atoms with Gasteiger partial charge in [0.2, 0.25) is 5.82 Å². The van der Waals surface area contributed by atoms with Crippen molar-refractivity contribution in [1.29, 1.82) is 0 Å². The molecule has 1 aliphatic rings. The van der Waals surface area contributed by atoms with Crippen LogP contribution >= 0.6 is 0 Å². The number of anilines is 1. The summed E-state index contributed by atoms with van der Waals surface area (Å²) >= 11 is 0. The van der Waals surface area contributed by atoms with Crippen LogP contribution in [0.4, 0.5) is 20.7 Å². The van der Waals surface area contributed by atoms with Crippen LogP contribution in [0, 0.1) is 24.2 Å². The monoisotopic (exact) mass is 454 g/mol. The van der Waals surface area contributed by atoms with Crippen molar-refractivity contribution in [2.75, 3.05) is 18.8 Å². The second kappa shape index (κ2) is 9.21. The number of hydrogen-bond acceptors (Lipinski definition) is 5. The zero-order chi connectivity index (χ0) is 24.3. The van der Waals surface area contributed by atoms with Crippen molar-refractivity contribution < 1.29 is 23.8 Å². The molecule has 0 aliphatic carbocycles. The molecule has 1 amide bonds. The first-order valence-electron chi connectivity index (χ1n) is 10.3. The Bertz CT molecular complexity index is 1190. The van der Waals surface area contributed by atoms with Gasteiger partial charge < -0.3 is 20.5 Å². The normalized spacial score (nSPS) is 14.2. The van der Waals surface area contributed by atoms with Crippen LogP contribution < -0.4 is 5.73 Å². The van der Waals surface area contributed by atoms with E-state index in [1.54, 1.807) is 4.90 Å². The number of amides is 1. The number of H-pyrrole nitrogens is 1. The third-order valence-corrected chi connectivity index (χ3v) is 5.12. The number of aromatic amines is 1. The van der Waals surface area contributed by atoms with E-state index in [0.29, 0.717) is 37.2 Å². The van der Waals surface area contributed by atoms with Gasteiger partial charge in [-0.15, -0.1) is 6.42 Å². The van der Waals surface area contributed by atoms with Crippen molar-refractivity contribution >= 4 is 23.6 Å². The molecule has 0 radical (unpaired) electrons. The second-order valence-corrected chi connectivity index (χ2v) is 8.67. The molecule has 3 rings (SSSR count). The van der Waals surface area contributed by atoms with Crippen LogP contribution in [0.1, 0.15) is 66.7 Å². The van der Waals surface area contributed by atoms with Crippen molar-refractivity contribution in [2.45, 2.75) is 45.1 Å². The average Bonchev–Trinajstić information content (AvgIpc) is 3.12. The van der Waals surface area contributed by atoms with Crippen molar-refractivity contribution in [1.82, 2.24) is 15.1 Å². The summed E-state index contributed by atoms with van der Waals surface area (Å²) in [6, 6.07) is 5.01. The number of likely N-dealkylation sites (tertiary alicyclic amines) is 1. The van der Waals surface area contributed by atoms with Crippen LogP contribution in [0.2, 0.25) is 0 Å². The van der Waals surface area contributed by atoms with E-state index in [2.05, 4.69) is 27.0 Å². The number of carboxylic acid groups (broad SMARTS) is 1. The highest BCUT2D eigenvalue weighted by Gasteiger charge is 2.31. The van der Waals surface area contributed by atoms with Gasteiger partial charge in [0.25, 0.3) is 0 Å². The van der Waals surface area contributed by atoms with Gasteiger partial charge in [-0.05, 0) is 44.5 Å². The van der Waals surface area contributed by atoms with Gasteiger partial charge in [0, 0.05) is 30.6 Å². The lowest BCUT2D eigenvalue weighted by atomic mass is 9.91. The van der Waals surface area contributed by atoms with Crippen molar-refractivity contribution in [2.24, 2.45) is 0 Å². The first-order valence-corrected chi connectivity index (χ1v) is 10.3. The predicted molar refractivity (Wildman–Crippen MR) is 120 cm³/mol. The molecular formula is C23H25FN5O4+. The molecule has 1 fully saturated rings. The molecule has 33 heavy (non-hydrogen) atoms. The molecule has 0 bridgehead atoms. The first kappa shape index (κ1) is 23.6. The lowest BCUT2D eigenvalue weighted by molar-refractivity contribution is 0.0203. The van der Waals surface area contributed by atoms with Crippen LogP contribution in [-0.2, 0) is 4.74 Å². The van der Waals surface area contributed by atoms with E-state index in [1.165, 1.54) is 6.07 Å². The smallest absolute Gasteiger partial charge is 0.410 e. The van der Waals surface area contributed by atoms with E-state index < -0.39 is 23.0 Å². The number of ether oxygens (including phenoxy) is 1. The molecular weight excluding hydrogens is 429 g/mol. The van der Waals surface area contributed by atoms with Gasteiger partial charge in [-0.25, -0.2) is 9.59 Å². The first-order chi connectivity index (χ1) is 15.5. The predicted octanol–water partition coefficient (Wildman–Crippen LogP) is 3.94. The second-order valence-electron chi connectivity index (χ2n) is 8.67. The number of aromatic nitrogens is 2. The van der Waals surface area contributed by atoms with E-state index in [4.69, 9.17) is 16.9 Å². The van der Waals surface area contributed by atoms with E-state index in [-0.39, 0.29) is 29.1 Å². The average molecular weight is 454 g/mol. The Morgan fingerprint density at radius 2 is 2.03 bits per heavy atom. The topological polar surface area (TPSA) is 126 Å². The number of aromatic carboxylic acids is 1. The number of carbonyl (C=O) groups is 2. The summed E-state index contributed by atoms with van der Waals surface area (Å²) in [5.74, 6) is -0.0913. The van der Waals surface area contributed by atoms with Crippen LogP contribution in [0.3, 0.4) is 0 Å². The summed E-state index contributed by atoms with van der Waals surface area (Å²) in [4.78, 5) is 29.2. The van der Waals surface area contributed by atoms with Gasteiger partial charge in [0.15, 0.2) is 11.4 Å². The fourth-order valence-electron chi connectivity index (χ4n) is 3.51. The molecule has 1 saturated heterocycles. The number of carbonyl (C=O) groups excluding carboxylic acids is 1. The molecule has 0 spiro atoms. The highest BCUT2D eigenvalue weighted by atomic mass is 19.1. The number of rotatable bonds is 2. The Kier molecular flexibility index (Phi) is 6.59. The van der Waals surface area contributed by atoms with E-state index in [9.17, 15) is 19.1 Å². The highest BCUT2D eigenvalue weighted by Crippen LogP contribution is 2.32. The Morgan fingerprint density at radius 1 is 1.36 bits per heavy atom. The fourth-order valence-corrected chi connectivity index (χ4v) is 3.51. The summed E-state index contributed by atoms with van der Waals surface area (Å²) in [6.07, 6.45) is 6.23. The minimum absolute atomic E-state index is 0.0114. The zero-order valence-corrected chi connectivity index (χ0v) is 18.6. The van der Waals surface area contributed by atoms with E-state index >= 15 is 0 Å². The maximum atomic E-state index is 14.6. The van der Waals surface area contributed by atoms with Crippen LogP contribution in [0.25, 0.3) is 4.85 Å². The molecule has 172 valence electrons. The molecule has 4 N–H and O–H groups in total. The maximum Gasteiger partial charge on any atom is 0.410 e.